The van der Waals surface area contributed by atoms with Crippen LogP contribution in [0.15, 0.2) is 78.9 Å². The number of para-hydroxylation sites is 2. The monoisotopic (exact) mass is 607 g/mol. The molecule has 0 saturated heterocycles. The van der Waals surface area contributed by atoms with E-state index in [1.165, 1.54) is 4.31 Å². The number of nitrogens with one attached hydrogen (secondary N) is 1. The van der Waals surface area contributed by atoms with Gasteiger partial charge in [-0.05, 0) is 55.0 Å². The Morgan fingerprint density at radius 3 is 2.23 bits per heavy atom. The third-order valence-electron chi connectivity index (χ3n) is 7.14. The molecule has 0 spiro atoms. The number of carbonyl (C=O) groups excluding carboxylic acids is 2. The minimum absolute atomic E-state index is 0.0669. The van der Waals surface area contributed by atoms with Gasteiger partial charge in [-0.1, -0.05) is 80.6 Å². The Kier molecular flexibility index (Phi) is 12.6. The number of rotatable bonds is 16. The van der Waals surface area contributed by atoms with E-state index in [-0.39, 0.29) is 43.7 Å². The third kappa shape index (κ3) is 10.1. The van der Waals surface area contributed by atoms with E-state index in [0.717, 1.165) is 22.9 Å². The summed E-state index contributed by atoms with van der Waals surface area (Å²) >= 11 is 0. The van der Waals surface area contributed by atoms with E-state index < -0.39 is 16.1 Å². The van der Waals surface area contributed by atoms with E-state index in [9.17, 15) is 18.0 Å². The fourth-order valence-electron chi connectivity index (χ4n) is 4.87. The molecule has 3 aromatic carbocycles. The summed E-state index contributed by atoms with van der Waals surface area (Å²) in [5.41, 5.74) is 3.36. The van der Waals surface area contributed by atoms with Crippen molar-refractivity contribution in [2.75, 3.05) is 30.3 Å². The summed E-state index contributed by atoms with van der Waals surface area (Å²) in [5, 5.41) is 3.04. The van der Waals surface area contributed by atoms with Gasteiger partial charge in [0, 0.05) is 32.5 Å². The van der Waals surface area contributed by atoms with Crippen molar-refractivity contribution >= 4 is 27.5 Å². The number of nitrogens with zero attached hydrogens (tertiary/aromatic N) is 2. The molecule has 3 aromatic rings. The Hall–Kier alpha value is -3.85. The molecule has 0 aliphatic rings. The standard InChI is InChI=1S/C34H45N3O5S/c1-6-42-32-20-13-12-19-30(32)37(43(5,40)41)22-14-21-33(38)36(25-29-18-11-10-15-27(29)4)31(34(39)35-24-26(2)3)23-28-16-8-7-9-17-28/h7-13,15-20,26,31H,6,14,21-25H2,1-5H3,(H,35,39)/t31-/m0/s1. The fourth-order valence-corrected chi connectivity index (χ4v) is 5.84. The zero-order valence-corrected chi connectivity index (χ0v) is 26.8. The van der Waals surface area contributed by atoms with Gasteiger partial charge in [-0.3, -0.25) is 13.9 Å². The van der Waals surface area contributed by atoms with Gasteiger partial charge in [-0.25, -0.2) is 8.42 Å². The van der Waals surface area contributed by atoms with Gasteiger partial charge in [0.05, 0.1) is 18.6 Å². The van der Waals surface area contributed by atoms with Crippen LogP contribution >= 0.6 is 0 Å². The summed E-state index contributed by atoms with van der Waals surface area (Å²) in [4.78, 5) is 29.3. The minimum Gasteiger partial charge on any atom is -0.492 e. The van der Waals surface area contributed by atoms with Crippen molar-refractivity contribution in [3.8, 4) is 5.75 Å². The summed E-state index contributed by atoms with van der Waals surface area (Å²) in [5.74, 6) is 0.300. The van der Waals surface area contributed by atoms with Crippen LogP contribution in [0.4, 0.5) is 5.69 Å². The first-order valence-electron chi connectivity index (χ1n) is 14.9. The molecule has 3 rings (SSSR count). The molecule has 232 valence electrons. The number of ether oxygens (including phenoxy) is 1. The topological polar surface area (TPSA) is 96.0 Å². The molecule has 0 aliphatic heterocycles. The second-order valence-electron chi connectivity index (χ2n) is 11.1. The zero-order chi connectivity index (χ0) is 31.4. The maximum atomic E-state index is 14.0. The molecule has 0 heterocycles. The lowest BCUT2D eigenvalue weighted by Gasteiger charge is -2.32. The van der Waals surface area contributed by atoms with Crippen molar-refractivity contribution in [1.82, 2.24) is 10.2 Å². The smallest absolute Gasteiger partial charge is 0.243 e. The van der Waals surface area contributed by atoms with Gasteiger partial charge in [0.1, 0.15) is 11.8 Å². The van der Waals surface area contributed by atoms with Gasteiger partial charge in [-0.2, -0.15) is 0 Å². The molecule has 0 aliphatic carbocycles. The predicted molar refractivity (Wildman–Crippen MR) is 173 cm³/mol. The summed E-state index contributed by atoms with van der Waals surface area (Å²) in [6.45, 7) is 9.13. The summed E-state index contributed by atoms with van der Waals surface area (Å²) < 4.78 is 32.6. The third-order valence-corrected chi connectivity index (χ3v) is 8.32. The Balaban J connectivity index is 1.90. The molecule has 9 heteroatoms. The molecule has 1 atom stereocenters. The highest BCUT2D eigenvalue weighted by molar-refractivity contribution is 7.92. The Labute approximate surface area is 257 Å². The minimum atomic E-state index is -3.65. The molecule has 0 saturated carbocycles. The predicted octanol–water partition coefficient (Wildman–Crippen LogP) is 5.35. The number of anilines is 1. The highest BCUT2D eigenvalue weighted by atomic mass is 32.2. The molecule has 0 bridgehead atoms. The van der Waals surface area contributed by atoms with Crippen LogP contribution in [0.3, 0.4) is 0 Å². The first kappa shape index (κ1) is 33.6. The molecule has 8 nitrogen and oxygen atoms in total. The normalized spacial score (nSPS) is 12.0. The van der Waals surface area contributed by atoms with Crippen molar-refractivity contribution < 1.29 is 22.7 Å². The van der Waals surface area contributed by atoms with Crippen LogP contribution < -0.4 is 14.4 Å². The van der Waals surface area contributed by atoms with Crippen molar-refractivity contribution in [2.24, 2.45) is 5.92 Å². The number of hydrogen-bond acceptors (Lipinski definition) is 5. The largest absolute Gasteiger partial charge is 0.492 e. The number of aryl methyl sites for hydroxylation is 1. The number of benzene rings is 3. The van der Waals surface area contributed by atoms with Crippen molar-refractivity contribution in [3.63, 3.8) is 0 Å². The Morgan fingerprint density at radius 1 is 0.930 bits per heavy atom. The average molecular weight is 608 g/mol. The summed E-state index contributed by atoms with van der Waals surface area (Å²) in [6, 6.07) is 23.8. The van der Waals surface area contributed by atoms with Gasteiger partial charge < -0.3 is 15.0 Å². The van der Waals surface area contributed by atoms with Crippen LogP contribution in [0.5, 0.6) is 5.75 Å². The van der Waals surface area contributed by atoms with E-state index in [4.69, 9.17) is 4.74 Å². The number of carbonyl (C=O) groups is 2. The van der Waals surface area contributed by atoms with Crippen LogP contribution in [0, 0.1) is 12.8 Å². The molecule has 1 N–H and O–H groups in total. The van der Waals surface area contributed by atoms with Crippen LogP contribution in [0.2, 0.25) is 0 Å². The molecular weight excluding hydrogens is 562 g/mol. The van der Waals surface area contributed by atoms with Crippen LogP contribution in [0.25, 0.3) is 0 Å². The lowest BCUT2D eigenvalue weighted by Crippen LogP contribution is -2.51. The average Bonchev–Trinajstić information content (AvgIpc) is 2.97. The van der Waals surface area contributed by atoms with Gasteiger partial charge >= 0.3 is 0 Å². The highest BCUT2D eigenvalue weighted by Crippen LogP contribution is 2.30. The van der Waals surface area contributed by atoms with Crippen molar-refractivity contribution in [3.05, 3.63) is 95.6 Å². The van der Waals surface area contributed by atoms with Gasteiger partial charge in [-0.15, -0.1) is 0 Å². The number of hydrogen-bond donors (Lipinski definition) is 1. The van der Waals surface area contributed by atoms with E-state index in [1.54, 1.807) is 29.2 Å². The second kappa shape index (κ2) is 16.1. The van der Waals surface area contributed by atoms with Crippen molar-refractivity contribution in [2.45, 2.75) is 59.5 Å². The van der Waals surface area contributed by atoms with Gasteiger partial charge in [0.25, 0.3) is 0 Å². The molecule has 0 unspecified atom stereocenters. The highest BCUT2D eigenvalue weighted by Gasteiger charge is 2.31. The SMILES string of the molecule is CCOc1ccccc1N(CCCC(=O)N(Cc1ccccc1C)[C@@H](Cc1ccccc1)C(=O)NCC(C)C)S(C)(=O)=O. The van der Waals surface area contributed by atoms with Crippen molar-refractivity contribution in [1.29, 1.82) is 0 Å². The Bertz CT molecular complexity index is 1440. The van der Waals surface area contributed by atoms with E-state index in [1.807, 2.05) is 82.3 Å². The van der Waals surface area contributed by atoms with Crippen LogP contribution in [0.1, 0.15) is 50.3 Å². The van der Waals surface area contributed by atoms with Crippen LogP contribution in [-0.4, -0.2) is 57.1 Å². The zero-order valence-electron chi connectivity index (χ0n) is 26.0. The van der Waals surface area contributed by atoms with Crippen LogP contribution in [-0.2, 0) is 32.6 Å². The fraction of sp³-hybridized carbons (Fsp3) is 0.412. The van der Waals surface area contributed by atoms with E-state index in [0.29, 0.717) is 31.0 Å². The lowest BCUT2D eigenvalue weighted by atomic mass is 10.0. The molecule has 0 fully saturated rings. The first-order valence-corrected chi connectivity index (χ1v) is 16.7. The maximum Gasteiger partial charge on any atom is 0.243 e. The molecule has 43 heavy (non-hydrogen) atoms. The molecular formula is C34H45N3O5S. The lowest BCUT2D eigenvalue weighted by molar-refractivity contribution is -0.141. The number of sulfonamides is 1. The maximum absolute atomic E-state index is 14.0. The van der Waals surface area contributed by atoms with E-state index in [2.05, 4.69) is 5.32 Å². The summed E-state index contributed by atoms with van der Waals surface area (Å²) in [7, 11) is -3.65. The Morgan fingerprint density at radius 2 is 1.58 bits per heavy atom. The van der Waals surface area contributed by atoms with E-state index >= 15 is 0 Å². The van der Waals surface area contributed by atoms with Gasteiger partial charge in [0.15, 0.2) is 0 Å². The summed E-state index contributed by atoms with van der Waals surface area (Å²) in [6.07, 6.45) is 1.84. The first-order chi connectivity index (χ1) is 20.5. The molecule has 0 aromatic heterocycles. The molecule has 2 amide bonds. The number of amides is 2. The second-order valence-corrected chi connectivity index (χ2v) is 13.0. The van der Waals surface area contributed by atoms with Gasteiger partial charge in [0.2, 0.25) is 21.8 Å². The molecule has 0 radical (unpaired) electrons. The quantitative estimate of drug-likeness (QED) is 0.237.